The highest BCUT2D eigenvalue weighted by atomic mass is 16.2. The molecule has 162 valence electrons. The maximum absolute atomic E-state index is 12.7. The summed E-state index contributed by atoms with van der Waals surface area (Å²) in [6, 6.07) is 12.1. The highest BCUT2D eigenvalue weighted by Crippen LogP contribution is 2.23. The van der Waals surface area contributed by atoms with E-state index in [4.69, 9.17) is 0 Å². The summed E-state index contributed by atoms with van der Waals surface area (Å²) < 4.78 is 0. The maximum atomic E-state index is 12.7. The molecule has 0 bridgehead atoms. The lowest BCUT2D eigenvalue weighted by molar-refractivity contribution is 0.0628. The minimum Gasteiger partial charge on any atom is -0.370 e. The number of hydrogen-bond acceptors (Lipinski definition) is 6. The number of benzene rings is 1. The van der Waals surface area contributed by atoms with Gasteiger partial charge < -0.3 is 14.7 Å². The Bertz CT molecular complexity index is 933. The summed E-state index contributed by atoms with van der Waals surface area (Å²) >= 11 is 0. The standard InChI is InChI=1S/C24H30N6O/c1-27-9-2-10-29(14-11-27)23-4-3-21(18-25)22(17-23)19-28-12-15-30(16-13-28)24(31)20-5-7-26-8-6-20/h3-8,17H,2,9-16,19H2,1H3. The lowest BCUT2D eigenvalue weighted by Gasteiger charge is -2.35. The molecule has 7 nitrogen and oxygen atoms in total. The Balaban J connectivity index is 1.40. The lowest BCUT2D eigenvalue weighted by Crippen LogP contribution is -2.48. The maximum Gasteiger partial charge on any atom is 0.254 e. The summed E-state index contributed by atoms with van der Waals surface area (Å²) in [5.74, 6) is 0.0629. The fourth-order valence-corrected chi connectivity index (χ4v) is 4.35. The molecular weight excluding hydrogens is 388 g/mol. The summed E-state index contributed by atoms with van der Waals surface area (Å²) in [5, 5.41) is 9.62. The van der Waals surface area contributed by atoms with Gasteiger partial charge in [-0.25, -0.2) is 0 Å². The summed E-state index contributed by atoms with van der Waals surface area (Å²) in [6.45, 7) is 7.99. The zero-order valence-electron chi connectivity index (χ0n) is 18.2. The number of amides is 1. The first-order valence-electron chi connectivity index (χ1n) is 11.0. The van der Waals surface area contributed by atoms with Crippen molar-refractivity contribution in [2.75, 3.05) is 64.3 Å². The SMILES string of the molecule is CN1CCCN(c2ccc(C#N)c(CN3CCN(C(=O)c4ccncc4)CC3)c2)CC1. The van der Waals surface area contributed by atoms with Gasteiger partial charge in [0.2, 0.25) is 0 Å². The van der Waals surface area contributed by atoms with Gasteiger partial charge in [0.25, 0.3) is 5.91 Å². The van der Waals surface area contributed by atoms with Crippen molar-refractivity contribution in [3.05, 3.63) is 59.4 Å². The van der Waals surface area contributed by atoms with E-state index in [0.717, 1.165) is 63.4 Å². The molecule has 1 aromatic heterocycles. The molecule has 2 aliphatic rings. The molecule has 0 atom stereocenters. The van der Waals surface area contributed by atoms with Gasteiger partial charge in [-0.1, -0.05) is 0 Å². The molecule has 0 aliphatic carbocycles. The smallest absolute Gasteiger partial charge is 0.254 e. The van der Waals surface area contributed by atoms with Crippen molar-refractivity contribution in [2.24, 2.45) is 0 Å². The molecule has 1 aromatic carbocycles. The average Bonchev–Trinajstić information content (AvgIpc) is 3.04. The van der Waals surface area contributed by atoms with Crippen molar-refractivity contribution < 1.29 is 4.79 Å². The minimum atomic E-state index is 0.0629. The predicted molar refractivity (Wildman–Crippen MR) is 121 cm³/mol. The monoisotopic (exact) mass is 418 g/mol. The Labute approximate surface area is 184 Å². The number of hydrogen-bond donors (Lipinski definition) is 0. The van der Waals surface area contributed by atoms with Crippen LogP contribution < -0.4 is 4.90 Å². The Morgan fingerprint density at radius 3 is 2.52 bits per heavy atom. The lowest BCUT2D eigenvalue weighted by atomic mass is 10.1. The van der Waals surface area contributed by atoms with E-state index in [1.54, 1.807) is 24.5 Å². The molecular formula is C24H30N6O. The number of carbonyl (C=O) groups is 1. The van der Waals surface area contributed by atoms with Gasteiger partial charge in [0.05, 0.1) is 11.6 Å². The molecule has 2 aliphatic heterocycles. The first-order chi connectivity index (χ1) is 15.1. The second-order valence-electron chi connectivity index (χ2n) is 8.40. The van der Waals surface area contributed by atoms with Crippen molar-refractivity contribution in [2.45, 2.75) is 13.0 Å². The molecule has 2 saturated heterocycles. The minimum absolute atomic E-state index is 0.0629. The first-order valence-corrected chi connectivity index (χ1v) is 11.0. The van der Waals surface area contributed by atoms with Crippen molar-refractivity contribution in [1.82, 2.24) is 19.7 Å². The van der Waals surface area contributed by atoms with Gasteiger partial charge in [0.1, 0.15) is 0 Å². The number of nitrogens with zero attached hydrogens (tertiary/aromatic N) is 6. The highest BCUT2D eigenvalue weighted by molar-refractivity contribution is 5.94. The normalized spacial score (nSPS) is 18.5. The topological polar surface area (TPSA) is 66.7 Å². The third kappa shape index (κ3) is 5.22. The Kier molecular flexibility index (Phi) is 6.80. The zero-order chi connectivity index (χ0) is 21.6. The van der Waals surface area contributed by atoms with Crippen LogP contribution in [-0.4, -0.2) is 85.0 Å². The van der Waals surface area contributed by atoms with Gasteiger partial charge in [-0.2, -0.15) is 5.26 Å². The van der Waals surface area contributed by atoms with E-state index in [1.807, 2.05) is 11.0 Å². The number of piperazine rings is 1. The second kappa shape index (κ2) is 9.90. The van der Waals surface area contributed by atoms with Crippen LogP contribution in [0.5, 0.6) is 0 Å². The molecule has 2 aromatic rings. The molecule has 4 rings (SSSR count). The molecule has 0 saturated carbocycles. The predicted octanol–water partition coefficient (Wildman–Crippen LogP) is 2.05. The van der Waals surface area contributed by atoms with Crippen LogP contribution in [0.15, 0.2) is 42.7 Å². The molecule has 7 heteroatoms. The molecule has 0 unspecified atom stereocenters. The van der Waals surface area contributed by atoms with Gasteiger partial charge in [0, 0.05) is 76.0 Å². The third-order valence-electron chi connectivity index (χ3n) is 6.27. The molecule has 0 spiro atoms. The molecule has 2 fully saturated rings. The van der Waals surface area contributed by atoms with Gasteiger partial charge in [-0.15, -0.1) is 0 Å². The van der Waals surface area contributed by atoms with Crippen LogP contribution in [-0.2, 0) is 6.54 Å². The van der Waals surface area contributed by atoms with E-state index in [2.05, 4.69) is 44.9 Å². The van der Waals surface area contributed by atoms with Crippen LogP contribution in [0.4, 0.5) is 5.69 Å². The van der Waals surface area contributed by atoms with Crippen LogP contribution in [0, 0.1) is 11.3 Å². The van der Waals surface area contributed by atoms with Gasteiger partial charge in [0.15, 0.2) is 0 Å². The Morgan fingerprint density at radius 1 is 1.00 bits per heavy atom. The van der Waals surface area contributed by atoms with E-state index in [1.165, 1.54) is 5.69 Å². The number of pyridine rings is 1. The summed E-state index contributed by atoms with van der Waals surface area (Å²) in [5.41, 5.74) is 3.71. The van der Waals surface area contributed by atoms with Crippen LogP contribution >= 0.6 is 0 Å². The Hall–Kier alpha value is -2.95. The van der Waals surface area contributed by atoms with E-state index >= 15 is 0 Å². The summed E-state index contributed by atoms with van der Waals surface area (Å²) in [7, 11) is 2.17. The highest BCUT2D eigenvalue weighted by Gasteiger charge is 2.23. The fraction of sp³-hybridized carbons (Fsp3) is 0.458. The summed E-state index contributed by atoms with van der Waals surface area (Å²) in [4.78, 5) is 25.7. The van der Waals surface area contributed by atoms with Crippen molar-refractivity contribution in [3.8, 4) is 6.07 Å². The molecule has 3 heterocycles. The van der Waals surface area contributed by atoms with Gasteiger partial charge >= 0.3 is 0 Å². The van der Waals surface area contributed by atoms with E-state index < -0.39 is 0 Å². The zero-order valence-corrected chi connectivity index (χ0v) is 18.2. The molecule has 1 amide bonds. The average molecular weight is 419 g/mol. The largest absolute Gasteiger partial charge is 0.370 e. The molecule has 0 radical (unpaired) electrons. The second-order valence-corrected chi connectivity index (χ2v) is 8.40. The van der Waals surface area contributed by atoms with Crippen molar-refractivity contribution >= 4 is 11.6 Å². The van der Waals surface area contributed by atoms with Crippen LogP contribution in [0.25, 0.3) is 0 Å². The van der Waals surface area contributed by atoms with E-state index in [9.17, 15) is 10.1 Å². The number of rotatable bonds is 4. The van der Waals surface area contributed by atoms with Crippen molar-refractivity contribution in [3.63, 3.8) is 0 Å². The quantitative estimate of drug-likeness (QED) is 0.757. The number of nitriles is 1. The first kappa shape index (κ1) is 21.3. The molecule has 31 heavy (non-hydrogen) atoms. The van der Waals surface area contributed by atoms with Gasteiger partial charge in [-0.05, 0) is 55.9 Å². The van der Waals surface area contributed by atoms with E-state index in [-0.39, 0.29) is 5.91 Å². The number of aromatic nitrogens is 1. The van der Waals surface area contributed by atoms with Crippen molar-refractivity contribution in [1.29, 1.82) is 5.26 Å². The van der Waals surface area contributed by atoms with Crippen LogP contribution in [0.3, 0.4) is 0 Å². The summed E-state index contributed by atoms with van der Waals surface area (Å²) in [6.07, 6.45) is 4.46. The van der Waals surface area contributed by atoms with E-state index in [0.29, 0.717) is 18.7 Å². The Morgan fingerprint density at radius 2 is 1.77 bits per heavy atom. The number of anilines is 1. The number of likely N-dealkylation sites (N-methyl/N-ethyl adjacent to an activating group) is 1. The number of carbonyl (C=O) groups excluding carboxylic acids is 1. The van der Waals surface area contributed by atoms with Gasteiger partial charge in [-0.3, -0.25) is 14.7 Å². The third-order valence-corrected chi connectivity index (χ3v) is 6.27. The van der Waals surface area contributed by atoms with Crippen LogP contribution in [0.1, 0.15) is 27.9 Å². The molecule has 0 N–H and O–H groups in total. The fourth-order valence-electron chi connectivity index (χ4n) is 4.35. The van der Waals surface area contributed by atoms with Crippen LogP contribution in [0.2, 0.25) is 0 Å².